The second-order valence-electron chi connectivity index (χ2n) is 6.16. The predicted molar refractivity (Wildman–Crippen MR) is 95.2 cm³/mol. The van der Waals surface area contributed by atoms with Crippen molar-refractivity contribution in [2.24, 2.45) is 11.8 Å². The summed E-state index contributed by atoms with van der Waals surface area (Å²) in [5.41, 5.74) is 0.825. The fourth-order valence-corrected chi connectivity index (χ4v) is 1.99. The van der Waals surface area contributed by atoms with Gasteiger partial charge in [-0.15, -0.1) is 0 Å². The van der Waals surface area contributed by atoms with E-state index in [2.05, 4.69) is 24.5 Å². The lowest BCUT2D eigenvalue weighted by Gasteiger charge is -2.12. The van der Waals surface area contributed by atoms with Gasteiger partial charge >= 0.3 is 0 Å². The number of anilines is 1. The normalized spacial score (nSPS) is 10.6. The van der Waals surface area contributed by atoms with E-state index in [1.54, 1.807) is 0 Å². The van der Waals surface area contributed by atoms with Crippen molar-refractivity contribution in [2.75, 3.05) is 11.9 Å². The van der Waals surface area contributed by atoms with E-state index in [4.69, 9.17) is 17.0 Å². The second-order valence-corrected chi connectivity index (χ2v) is 6.56. The van der Waals surface area contributed by atoms with Gasteiger partial charge < -0.3 is 15.4 Å². The average molecular weight is 322 g/mol. The van der Waals surface area contributed by atoms with Crippen LogP contribution in [0.5, 0.6) is 5.75 Å². The Balaban J connectivity index is 2.40. The molecule has 0 atom stereocenters. The van der Waals surface area contributed by atoms with E-state index in [9.17, 15) is 4.79 Å². The van der Waals surface area contributed by atoms with Crippen molar-refractivity contribution >= 4 is 28.9 Å². The molecule has 4 nitrogen and oxygen atoms in total. The van der Waals surface area contributed by atoms with Crippen LogP contribution in [0.4, 0.5) is 5.69 Å². The van der Waals surface area contributed by atoms with Gasteiger partial charge in [0.25, 0.3) is 0 Å². The molecule has 0 spiro atoms. The van der Waals surface area contributed by atoms with Gasteiger partial charge in [0.05, 0.1) is 6.61 Å². The fourth-order valence-electron chi connectivity index (χ4n) is 1.76. The number of amides is 1. The molecule has 0 aliphatic carbocycles. The highest BCUT2D eigenvalue weighted by molar-refractivity contribution is 7.80. The number of benzene rings is 1. The van der Waals surface area contributed by atoms with Crippen LogP contribution in [-0.4, -0.2) is 17.6 Å². The predicted octanol–water partition coefficient (Wildman–Crippen LogP) is 3.97. The van der Waals surface area contributed by atoms with Crippen molar-refractivity contribution in [3.8, 4) is 5.75 Å². The van der Waals surface area contributed by atoms with Gasteiger partial charge in [-0.25, -0.2) is 0 Å². The van der Waals surface area contributed by atoms with Gasteiger partial charge in [0.2, 0.25) is 5.91 Å². The average Bonchev–Trinajstić information content (AvgIpc) is 2.39. The molecule has 0 saturated carbocycles. The van der Waals surface area contributed by atoms with Gasteiger partial charge in [0, 0.05) is 12.1 Å². The van der Waals surface area contributed by atoms with Crippen molar-refractivity contribution < 1.29 is 9.53 Å². The Kier molecular flexibility index (Phi) is 7.88. The number of hydrogen-bond acceptors (Lipinski definition) is 3. The molecule has 2 N–H and O–H groups in total. The molecule has 5 heteroatoms. The maximum Gasteiger partial charge on any atom is 0.226 e. The summed E-state index contributed by atoms with van der Waals surface area (Å²) in [6.07, 6.45) is 1.50. The van der Waals surface area contributed by atoms with E-state index in [0.29, 0.717) is 30.0 Å². The summed E-state index contributed by atoms with van der Waals surface area (Å²) >= 11 is 5.12. The highest BCUT2D eigenvalue weighted by Crippen LogP contribution is 2.16. The van der Waals surface area contributed by atoms with Gasteiger partial charge in [-0.2, -0.15) is 0 Å². The first kappa shape index (κ1) is 18.4. The van der Waals surface area contributed by atoms with Crippen molar-refractivity contribution in [1.82, 2.24) is 5.32 Å². The lowest BCUT2D eigenvalue weighted by Crippen LogP contribution is -2.34. The SMILES string of the molecule is CC(C)CCOc1ccc(NC(=S)NC(=O)CC(C)C)cc1. The molecule has 0 aromatic heterocycles. The van der Waals surface area contributed by atoms with Gasteiger partial charge in [-0.1, -0.05) is 27.7 Å². The molecule has 1 rings (SSSR count). The zero-order valence-corrected chi connectivity index (χ0v) is 14.6. The molecule has 0 aliphatic heterocycles. The monoisotopic (exact) mass is 322 g/mol. The quantitative estimate of drug-likeness (QED) is 0.746. The molecule has 0 fully saturated rings. The first-order valence-corrected chi connectivity index (χ1v) is 8.11. The zero-order chi connectivity index (χ0) is 16.5. The summed E-state index contributed by atoms with van der Waals surface area (Å²) in [6, 6.07) is 7.54. The van der Waals surface area contributed by atoms with E-state index in [1.165, 1.54) is 0 Å². The molecule has 122 valence electrons. The molecule has 0 saturated heterocycles. The van der Waals surface area contributed by atoms with Crippen molar-refractivity contribution in [3.63, 3.8) is 0 Å². The summed E-state index contributed by atoms with van der Waals surface area (Å²) in [4.78, 5) is 11.6. The Morgan fingerprint density at radius 3 is 2.32 bits per heavy atom. The topological polar surface area (TPSA) is 50.4 Å². The minimum Gasteiger partial charge on any atom is -0.494 e. The van der Waals surface area contributed by atoms with Crippen LogP contribution in [0.2, 0.25) is 0 Å². The maximum atomic E-state index is 11.6. The lowest BCUT2D eigenvalue weighted by atomic mass is 10.1. The van der Waals surface area contributed by atoms with Gasteiger partial charge in [0.1, 0.15) is 5.75 Å². The fraction of sp³-hybridized carbons (Fsp3) is 0.529. The first-order chi connectivity index (χ1) is 10.4. The molecular formula is C17H26N2O2S. The summed E-state index contributed by atoms with van der Waals surface area (Å²) in [5.74, 6) is 1.71. The van der Waals surface area contributed by atoms with Crippen LogP contribution in [0.15, 0.2) is 24.3 Å². The number of rotatable bonds is 7. The minimum atomic E-state index is -0.0684. The van der Waals surface area contributed by atoms with E-state index < -0.39 is 0 Å². The number of carbonyl (C=O) groups is 1. The number of carbonyl (C=O) groups excluding carboxylic acids is 1. The summed E-state index contributed by atoms with van der Waals surface area (Å²) in [5, 5.41) is 5.98. The third-order valence-corrected chi connectivity index (χ3v) is 3.13. The van der Waals surface area contributed by atoms with Crippen LogP contribution in [0.1, 0.15) is 40.5 Å². The van der Waals surface area contributed by atoms with Crippen LogP contribution >= 0.6 is 12.2 Å². The largest absolute Gasteiger partial charge is 0.494 e. The standard InChI is InChI=1S/C17H26N2O2S/c1-12(2)9-10-21-15-7-5-14(6-8-15)18-17(22)19-16(20)11-13(3)4/h5-8,12-13H,9-11H2,1-4H3,(H2,18,19,20,22). The van der Waals surface area contributed by atoms with E-state index in [0.717, 1.165) is 17.9 Å². The van der Waals surface area contributed by atoms with Crippen LogP contribution in [0.25, 0.3) is 0 Å². The third-order valence-electron chi connectivity index (χ3n) is 2.92. The van der Waals surface area contributed by atoms with Crippen molar-refractivity contribution in [3.05, 3.63) is 24.3 Å². The number of ether oxygens (including phenoxy) is 1. The van der Waals surface area contributed by atoms with Gasteiger partial charge in [-0.3, -0.25) is 4.79 Å². The Morgan fingerprint density at radius 2 is 1.77 bits per heavy atom. The van der Waals surface area contributed by atoms with Crippen LogP contribution in [0, 0.1) is 11.8 Å². The first-order valence-electron chi connectivity index (χ1n) is 7.70. The Morgan fingerprint density at radius 1 is 1.14 bits per heavy atom. The molecule has 1 amide bonds. The molecule has 0 unspecified atom stereocenters. The van der Waals surface area contributed by atoms with E-state index in [-0.39, 0.29) is 5.91 Å². The molecule has 0 radical (unpaired) electrons. The van der Waals surface area contributed by atoms with Gasteiger partial charge in [-0.05, 0) is 54.7 Å². The Bertz CT molecular complexity index is 484. The van der Waals surface area contributed by atoms with Crippen molar-refractivity contribution in [1.29, 1.82) is 0 Å². The zero-order valence-electron chi connectivity index (χ0n) is 13.8. The molecule has 0 aliphatic rings. The van der Waals surface area contributed by atoms with Gasteiger partial charge in [0.15, 0.2) is 5.11 Å². The van der Waals surface area contributed by atoms with Crippen LogP contribution in [-0.2, 0) is 4.79 Å². The summed E-state index contributed by atoms with van der Waals surface area (Å²) in [7, 11) is 0. The molecule has 22 heavy (non-hydrogen) atoms. The van der Waals surface area contributed by atoms with Crippen molar-refractivity contribution in [2.45, 2.75) is 40.5 Å². The molecule has 1 aromatic rings. The molecule has 1 aromatic carbocycles. The molecular weight excluding hydrogens is 296 g/mol. The van der Waals surface area contributed by atoms with E-state index >= 15 is 0 Å². The number of thiocarbonyl (C=S) groups is 1. The summed E-state index contributed by atoms with van der Waals surface area (Å²) < 4.78 is 5.65. The summed E-state index contributed by atoms with van der Waals surface area (Å²) in [6.45, 7) is 9.05. The molecule has 0 bridgehead atoms. The number of hydrogen-bond donors (Lipinski definition) is 2. The Labute approximate surface area is 138 Å². The number of nitrogens with one attached hydrogen (secondary N) is 2. The highest BCUT2D eigenvalue weighted by Gasteiger charge is 2.07. The van der Waals surface area contributed by atoms with Crippen LogP contribution in [0.3, 0.4) is 0 Å². The highest BCUT2D eigenvalue weighted by atomic mass is 32.1. The second kappa shape index (κ2) is 9.41. The van der Waals surface area contributed by atoms with E-state index in [1.807, 2.05) is 38.1 Å². The maximum absolute atomic E-state index is 11.6. The lowest BCUT2D eigenvalue weighted by molar-refractivity contribution is -0.120. The third kappa shape index (κ3) is 7.98. The minimum absolute atomic E-state index is 0.0684. The van der Waals surface area contributed by atoms with Crippen LogP contribution < -0.4 is 15.4 Å². The smallest absolute Gasteiger partial charge is 0.226 e. The Hall–Kier alpha value is -1.62. The molecule has 0 heterocycles.